The Kier molecular flexibility index (Phi) is 6.09. The van der Waals surface area contributed by atoms with Gasteiger partial charge in [0.15, 0.2) is 38.9 Å². The highest BCUT2D eigenvalue weighted by atomic mass is 32.2. The zero-order chi connectivity index (χ0) is 23.8. The molecule has 3 atom stereocenters. The monoisotopic (exact) mass is 466 g/mol. The van der Waals surface area contributed by atoms with Crippen LogP contribution in [0.2, 0.25) is 0 Å². The number of aromatic hydroxyl groups is 2. The van der Waals surface area contributed by atoms with E-state index in [9.17, 15) is 42.9 Å². The molecule has 12 heteroatoms. The molecule has 0 aliphatic carbocycles. The largest absolute Gasteiger partial charge is 0.504 e. The van der Waals surface area contributed by atoms with E-state index < -0.39 is 50.2 Å². The number of nitrogens with zero attached hydrogens (tertiary/aromatic N) is 2. The van der Waals surface area contributed by atoms with Crippen molar-refractivity contribution in [3.63, 3.8) is 0 Å². The van der Waals surface area contributed by atoms with Crippen LogP contribution < -0.4 is 0 Å². The Morgan fingerprint density at radius 1 is 1.22 bits per heavy atom. The van der Waals surface area contributed by atoms with Crippen LogP contribution in [-0.2, 0) is 24.2 Å². The van der Waals surface area contributed by atoms with Gasteiger partial charge < -0.3 is 20.2 Å². The number of aliphatic imine (C=N–C) groups is 1. The van der Waals surface area contributed by atoms with Crippen LogP contribution in [0.3, 0.4) is 0 Å². The summed E-state index contributed by atoms with van der Waals surface area (Å²) in [6.45, 7) is 0.774. The molecule has 32 heavy (non-hydrogen) atoms. The maximum absolute atomic E-state index is 12.7. The van der Waals surface area contributed by atoms with Crippen molar-refractivity contribution < 1.29 is 42.9 Å². The number of hydrogen-bond acceptors (Lipinski definition) is 9. The van der Waals surface area contributed by atoms with Crippen LogP contribution in [0.15, 0.2) is 23.2 Å². The Balaban J connectivity index is 1.57. The lowest BCUT2D eigenvalue weighted by Crippen LogP contribution is -2.57. The predicted molar refractivity (Wildman–Crippen MR) is 110 cm³/mol. The number of aliphatic carboxylic acids is 1. The van der Waals surface area contributed by atoms with Crippen molar-refractivity contribution in [2.75, 3.05) is 6.54 Å². The van der Waals surface area contributed by atoms with Crippen molar-refractivity contribution in [1.29, 1.82) is 0 Å². The number of carbonyl (C=O) groups excluding carboxylic acids is 3. The number of phenolic OH excluding ortho intramolecular Hbond substituents is 2. The van der Waals surface area contributed by atoms with E-state index in [4.69, 9.17) is 0 Å². The number of phenols is 2. The van der Waals surface area contributed by atoms with E-state index in [0.29, 0.717) is 0 Å². The lowest BCUT2D eigenvalue weighted by molar-refractivity contribution is -0.156. The van der Waals surface area contributed by atoms with E-state index in [1.54, 1.807) is 0 Å². The van der Waals surface area contributed by atoms with Crippen molar-refractivity contribution in [3.8, 4) is 11.5 Å². The number of fused-ring (bicyclic) bond motifs is 1. The highest BCUT2D eigenvalue weighted by molar-refractivity contribution is 7.94. The first-order valence-corrected chi connectivity index (χ1v) is 11.3. The van der Waals surface area contributed by atoms with Gasteiger partial charge in [0.05, 0.1) is 13.0 Å². The van der Waals surface area contributed by atoms with Gasteiger partial charge in [-0.25, -0.2) is 13.2 Å². The molecule has 3 rings (SSSR count). The Labute approximate surface area is 183 Å². The summed E-state index contributed by atoms with van der Waals surface area (Å²) in [5, 5.41) is 27.0. The minimum absolute atomic E-state index is 0.00556. The summed E-state index contributed by atoms with van der Waals surface area (Å²) in [5.74, 6) is -3.53. The van der Waals surface area contributed by atoms with Gasteiger partial charge in [0.2, 0.25) is 5.91 Å². The molecule has 172 valence electrons. The van der Waals surface area contributed by atoms with Crippen molar-refractivity contribution in [2.24, 2.45) is 4.99 Å². The van der Waals surface area contributed by atoms with Crippen LogP contribution in [0, 0.1) is 0 Å². The van der Waals surface area contributed by atoms with E-state index in [1.165, 1.54) is 19.1 Å². The second-order valence-electron chi connectivity index (χ2n) is 7.92. The van der Waals surface area contributed by atoms with Gasteiger partial charge in [-0.05, 0) is 31.5 Å². The quantitative estimate of drug-likeness (QED) is 0.200. The molecule has 0 radical (unpaired) electrons. The molecule has 3 N–H and O–H groups in total. The standard InChI is InChI=1S/C20H22N2O9S/c1-20(18(19(28)29)22-16(27)8-17(22)32(20,30)31)10-21-9-12(23)3-2-4-13(24)11-5-6-14(25)15(26)7-11/h5-7,10,17-18,25-26H,2-4,8-9H2,1H3,(H,28,29)/t17-,18+,20+/m1/s1. The summed E-state index contributed by atoms with van der Waals surface area (Å²) in [6, 6.07) is 2.04. The van der Waals surface area contributed by atoms with Crippen molar-refractivity contribution in [3.05, 3.63) is 23.8 Å². The fourth-order valence-electron chi connectivity index (χ4n) is 3.90. The molecule has 2 saturated heterocycles. The van der Waals surface area contributed by atoms with Gasteiger partial charge in [-0.1, -0.05) is 0 Å². The Morgan fingerprint density at radius 3 is 2.50 bits per heavy atom. The molecule has 0 unspecified atom stereocenters. The molecule has 1 amide bonds. The first-order chi connectivity index (χ1) is 14.9. The minimum atomic E-state index is -4.04. The number of Topliss-reactive ketones (excluding diaryl/α,β-unsaturated/α-hetero) is 2. The van der Waals surface area contributed by atoms with Gasteiger partial charge in [-0.2, -0.15) is 0 Å². The van der Waals surface area contributed by atoms with Gasteiger partial charge in [-0.3, -0.25) is 19.4 Å². The minimum Gasteiger partial charge on any atom is -0.504 e. The first-order valence-electron chi connectivity index (χ1n) is 9.75. The number of rotatable bonds is 9. The van der Waals surface area contributed by atoms with Gasteiger partial charge in [-0.15, -0.1) is 0 Å². The fourth-order valence-corrected chi connectivity index (χ4v) is 6.13. The third kappa shape index (κ3) is 3.85. The molecular formula is C20H22N2O9S. The van der Waals surface area contributed by atoms with E-state index in [0.717, 1.165) is 17.2 Å². The van der Waals surface area contributed by atoms with Crippen molar-refractivity contribution >= 4 is 39.5 Å². The normalized spacial score (nSPS) is 26.0. The number of hydrogen-bond donors (Lipinski definition) is 3. The molecule has 2 fully saturated rings. The van der Waals surface area contributed by atoms with E-state index >= 15 is 0 Å². The van der Waals surface area contributed by atoms with Crippen LogP contribution in [-0.4, -0.2) is 81.0 Å². The zero-order valence-electron chi connectivity index (χ0n) is 17.1. The fraction of sp³-hybridized carbons (Fsp3) is 0.450. The van der Waals surface area contributed by atoms with E-state index in [2.05, 4.69) is 4.99 Å². The van der Waals surface area contributed by atoms with Gasteiger partial charge >= 0.3 is 5.97 Å². The molecule has 11 nitrogen and oxygen atoms in total. The maximum atomic E-state index is 12.7. The second-order valence-corrected chi connectivity index (χ2v) is 10.4. The lowest BCUT2D eigenvalue weighted by atomic mass is 9.97. The van der Waals surface area contributed by atoms with Crippen molar-refractivity contribution in [1.82, 2.24) is 4.90 Å². The Bertz CT molecular complexity index is 1130. The number of carbonyl (C=O) groups is 4. The van der Waals surface area contributed by atoms with Crippen LogP contribution in [0.4, 0.5) is 0 Å². The summed E-state index contributed by atoms with van der Waals surface area (Å²) in [6.07, 6.45) is 0.820. The number of benzene rings is 1. The number of amides is 1. The SMILES string of the molecule is C[C@]1(C=NCC(=O)CCCC(=O)c2ccc(O)c(O)c2)[C@H](C(=O)O)N2C(=O)C[C@H]2S1(=O)=O. The van der Waals surface area contributed by atoms with Crippen LogP contribution in [0.1, 0.15) is 43.0 Å². The Morgan fingerprint density at radius 2 is 1.91 bits per heavy atom. The highest BCUT2D eigenvalue weighted by Gasteiger charge is 2.69. The van der Waals surface area contributed by atoms with Gasteiger partial charge in [0.1, 0.15) is 10.1 Å². The average Bonchev–Trinajstić information content (AvgIpc) is 2.84. The molecule has 0 saturated carbocycles. The van der Waals surface area contributed by atoms with Crippen molar-refractivity contribution in [2.45, 2.75) is 48.8 Å². The number of ketones is 2. The summed E-state index contributed by atoms with van der Waals surface area (Å²) >= 11 is 0. The molecule has 1 aromatic rings. The maximum Gasteiger partial charge on any atom is 0.328 e. The van der Waals surface area contributed by atoms with Gasteiger partial charge in [0.25, 0.3) is 0 Å². The Hall–Kier alpha value is -3.28. The predicted octanol–water partition coefficient (Wildman–Crippen LogP) is 0.289. The van der Waals surface area contributed by atoms with Gasteiger partial charge in [0, 0.05) is 24.6 Å². The third-order valence-electron chi connectivity index (χ3n) is 5.75. The smallest absolute Gasteiger partial charge is 0.328 e. The molecule has 0 bridgehead atoms. The number of sulfone groups is 1. The topological polar surface area (TPSA) is 179 Å². The zero-order valence-corrected chi connectivity index (χ0v) is 17.9. The highest BCUT2D eigenvalue weighted by Crippen LogP contribution is 2.45. The molecular weight excluding hydrogens is 444 g/mol. The summed E-state index contributed by atoms with van der Waals surface area (Å²) in [4.78, 5) is 52.3. The average molecular weight is 466 g/mol. The molecule has 0 aromatic heterocycles. The number of carboxylic acids is 1. The second kappa shape index (κ2) is 8.34. The van der Waals surface area contributed by atoms with E-state index in [-0.39, 0.29) is 48.6 Å². The first kappa shape index (κ1) is 23.4. The number of carboxylic acid groups (broad SMARTS) is 1. The molecule has 1 aromatic carbocycles. The van der Waals surface area contributed by atoms with E-state index in [1.807, 2.05) is 0 Å². The lowest BCUT2D eigenvalue weighted by Gasteiger charge is -2.35. The summed E-state index contributed by atoms with van der Waals surface area (Å²) in [7, 11) is -4.04. The number of β-lactam (4-membered cyclic amide) rings is 1. The molecule has 2 aliphatic rings. The van der Waals surface area contributed by atoms with Crippen LogP contribution in [0.25, 0.3) is 0 Å². The molecule has 2 aliphatic heterocycles. The summed E-state index contributed by atoms with van der Waals surface area (Å²) in [5.41, 5.74) is 0.184. The molecule has 2 heterocycles. The van der Waals surface area contributed by atoms with Crippen LogP contribution in [0.5, 0.6) is 11.5 Å². The molecule has 0 spiro atoms. The third-order valence-corrected chi connectivity index (χ3v) is 8.41. The summed E-state index contributed by atoms with van der Waals surface area (Å²) < 4.78 is 23.5. The van der Waals surface area contributed by atoms with Crippen LogP contribution >= 0.6 is 0 Å².